The number of halogens is 1. The molecule has 0 heterocycles. The van der Waals surface area contributed by atoms with Crippen LogP contribution in [0.1, 0.15) is 17.5 Å². The largest absolute Gasteiger partial charge is 0.326 e. The lowest BCUT2D eigenvalue weighted by molar-refractivity contribution is -0.122. The number of hydrogen-bond acceptors (Lipinski definition) is 2. The second-order valence-electron chi connectivity index (χ2n) is 6.20. The zero-order valence-corrected chi connectivity index (χ0v) is 14.4. The average molecular weight is 343 g/mol. The van der Waals surface area contributed by atoms with Crippen LogP contribution in [0.15, 0.2) is 42.5 Å². The van der Waals surface area contributed by atoms with Crippen molar-refractivity contribution in [1.29, 1.82) is 0 Å². The van der Waals surface area contributed by atoms with Gasteiger partial charge in [-0.25, -0.2) is 0 Å². The van der Waals surface area contributed by atoms with Crippen LogP contribution < -0.4 is 10.6 Å². The van der Waals surface area contributed by atoms with E-state index >= 15 is 0 Å². The second kappa shape index (κ2) is 6.65. The Labute approximate surface area is 146 Å². The first kappa shape index (κ1) is 16.5. The molecule has 0 bridgehead atoms. The van der Waals surface area contributed by atoms with E-state index in [1.54, 1.807) is 24.3 Å². The summed E-state index contributed by atoms with van der Waals surface area (Å²) in [6.07, 6.45) is 0.580. The molecule has 24 heavy (non-hydrogen) atoms. The van der Waals surface area contributed by atoms with Crippen LogP contribution in [0, 0.1) is 25.7 Å². The molecular formula is C19H19ClN2O2. The van der Waals surface area contributed by atoms with Crippen LogP contribution in [0.25, 0.3) is 0 Å². The number of anilines is 2. The van der Waals surface area contributed by atoms with Crippen LogP contribution in [0.2, 0.25) is 5.02 Å². The van der Waals surface area contributed by atoms with Crippen molar-refractivity contribution in [3.63, 3.8) is 0 Å². The van der Waals surface area contributed by atoms with E-state index in [1.165, 1.54) is 0 Å². The first-order valence-electron chi connectivity index (χ1n) is 7.89. The van der Waals surface area contributed by atoms with Gasteiger partial charge in [0.1, 0.15) is 0 Å². The van der Waals surface area contributed by atoms with E-state index in [-0.39, 0.29) is 23.7 Å². The summed E-state index contributed by atoms with van der Waals surface area (Å²) >= 11 is 5.82. The molecule has 2 amide bonds. The average Bonchev–Trinajstić information content (AvgIpc) is 3.34. The lowest BCUT2D eigenvalue weighted by atomic mass is 10.1. The molecule has 0 saturated heterocycles. The predicted molar refractivity (Wildman–Crippen MR) is 96.2 cm³/mol. The van der Waals surface area contributed by atoms with E-state index in [0.717, 1.165) is 16.8 Å². The topological polar surface area (TPSA) is 58.2 Å². The third-order valence-corrected chi connectivity index (χ3v) is 4.56. The highest BCUT2D eigenvalue weighted by Gasteiger charge is 2.48. The molecule has 0 radical (unpaired) electrons. The predicted octanol–water partition coefficient (Wildman–Crippen LogP) is 4.17. The molecule has 2 unspecified atom stereocenters. The summed E-state index contributed by atoms with van der Waals surface area (Å²) in [5.41, 5.74) is 3.56. The minimum absolute atomic E-state index is 0.0938. The number of nitrogens with one attached hydrogen (secondary N) is 2. The van der Waals surface area contributed by atoms with Crippen molar-refractivity contribution < 1.29 is 9.59 Å². The first-order chi connectivity index (χ1) is 11.5. The Kier molecular flexibility index (Phi) is 4.58. The lowest BCUT2D eigenvalue weighted by Gasteiger charge is -2.11. The highest BCUT2D eigenvalue weighted by Crippen LogP contribution is 2.40. The first-order valence-corrected chi connectivity index (χ1v) is 8.27. The lowest BCUT2D eigenvalue weighted by Crippen LogP contribution is -2.21. The van der Waals surface area contributed by atoms with Gasteiger partial charge in [0.25, 0.3) is 0 Å². The third-order valence-electron chi connectivity index (χ3n) is 4.31. The van der Waals surface area contributed by atoms with Crippen molar-refractivity contribution in [2.45, 2.75) is 20.3 Å². The van der Waals surface area contributed by atoms with E-state index in [2.05, 4.69) is 10.6 Å². The molecule has 3 rings (SSSR count). The van der Waals surface area contributed by atoms with Crippen molar-refractivity contribution in [1.82, 2.24) is 0 Å². The number of benzene rings is 2. The summed E-state index contributed by atoms with van der Waals surface area (Å²) in [7, 11) is 0. The monoisotopic (exact) mass is 342 g/mol. The summed E-state index contributed by atoms with van der Waals surface area (Å²) < 4.78 is 0. The van der Waals surface area contributed by atoms with Gasteiger partial charge in [0.2, 0.25) is 11.8 Å². The number of carbonyl (C=O) groups excluding carboxylic acids is 2. The van der Waals surface area contributed by atoms with Gasteiger partial charge in [-0.05, 0) is 55.7 Å². The highest BCUT2D eigenvalue weighted by atomic mass is 35.5. The van der Waals surface area contributed by atoms with E-state index in [4.69, 9.17) is 11.6 Å². The van der Waals surface area contributed by atoms with Gasteiger partial charge >= 0.3 is 0 Å². The Balaban J connectivity index is 1.59. The molecule has 1 aliphatic carbocycles. The molecule has 4 nitrogen and oxygen atoms in total. The zero-order valence-electron chi connectivity index (χ0n) is 13.6. The number of amides is 2. The fraction of sp³-hybridized carbons (Fsp3) is 0.263. The molecule has 2 atom stereocenters. The van der Waals surface area contributed by atoms with Crippen LogP contribution in [0.3, 0.4) is 0 Å². The van der Waals surface area contributed by atoms with Crippen LogP contribution in [0.5, 0.6) is 0 Å². The molecule has 2 N–H and O–H groups in total. The Morgan fingerprint density at radius 3 is 2.04 bits per heavy atom. The van der Waals surface area contributed by atoms with Crippen molar-refractivity contribution in [2.24, 2.45) is 11.8 Å². The van der Waals surface area contributed by atoms with Gasteiger partial charge in [0.05, 0.1) is 11.8 Å². The molecule has 0 aromatic heterocycles. The Hall–Kier alpha value is -2.33. The molecule has 1 fully saturated rings. The van der Waals surface area contributed by atoms with Crippen molar-refractivity contribution in [2.75, 3.05) is 10.6 Å². The van der Waals surface area contributed by atoms with E-state index in [0.29, 0.717) is 17.1 Å². The minimum Gasteiger partial charge on any atom is -0.326 e. The summed E-state index contributed by atoms with van der Waals surface area (Å²) in [6.45, 7) is 3.92. The normalized spacial score (nSPS) is 18.8. The van der Waals surface area contributed by atoms with Crippen molar-refractivity contribution in [3.05, 3.63) is 58.6 Å². The Morgan fingerprint density at radius 2 is 1.46 bits per heavy atom. The molecule has 5 heteroatoms. The molecule has 1 saturated carbocycles. The van der Waals surface area contributed by atoms with Crippen LogP contribution in [0.4, 0.5) is 11.4 Å². The van der Waals surface area contributed by atoms with E-state index < -0.39 is 0 Å². The van der Waals surface area contributed by atoms with Gasteiger partial charge in [-0.2, -0.15) is 0 Å². The molecule has 2 aromatic rings. The molecule has 2 aromatic carbocycles. The molecular weight excluding hydrogens is 324 g/mol. The fourth-order valence-electron chi connectivity index (χ4n) is 2.77. The van der Waals surface area contributed by atoms with Gasteiger partial charge in [0.15, 0.2) is 0 Å². The van der Waals surface area contributed by atoms with E-state index in [9.17, 15) is 9.59 Å². The van der Waals surface area contributed by atoms with Crippen molar-refractivity contribution in [3.8, 4) is 0 Å². The third kappa shape index (κ3) is 3.60. The van der Waals surface area contributed by atoms with Gasteiger partial charge in [-0.1, -0.05) is 29.8 Å². The smallest absolute Gasteiger partial charge is 0.228 e. The Morgan fingerprint density at radius 1 is 0.917 bits per heavy atom. The molecule has 1 aliphatic rings. The van der Waals surface area contributed by atoms with E-state index in [1.807, 2.05) is 32.0 Å². The zero-order chi connectivity index (χ0) is 17.3. The summed E-state index contributed by atoms with van der Waals surface area (Å²) in [5.74, 6) is -0.760. The van der Waals surface area contributed by atoms with Gasteiger partial charge in [0, 0.05) is 16.4 Å². The quantitative estimate of drug-likeness (QED) is 0.876. The molecule has 124 valence electrons. The minimum atomic E-state index is -0.273. The summed E-state index contributed by atoms with van der Waals surface area (Å²) in [4.78, 5) is 24.6. The maximum absolute atomic E-state index is 12.4. The number of carbonyl (C=O) groups is 2. The number of para-hydroxylation sites is 1. The van der Waals surface area contributed by atoms with Crippen LogP contribution in [-0.2, 0) is 9.59 Å². The highest BCUT2D eigenvalue weighted by molar-refractivity contribution is 6.30. The summed E-state index contributed by atoms with van der Waals surface area (Å²) in [5, 5.41) is 6.40. The maximum Gasteiger partial charge on any atom is 0.228 e. The van der Waals surface area contributed by atoms with Gasteiger partial charge in [-0.3, -0.25) is 9.59 Å². The number of hydrogen-bond donors (Lipinski definition) is 2. The van der Waals surface area contributed by atoms with Gasteiger partial charge < -0.3 is 10.6 Å². The molecule has 0 aliphatic heterocycles. The standard InChI is InChI=1S/C19H19ClN2O2/c1-11-4-3-5-12(2)17(11)22-19(24)16-10-15(16)18(23)21-14-8-6-13(20)7-9-14/h3-9,15-16H,10H2,1-2H3,(H,21,23)(H,22,24). The Bertz CT molecular complexity index is 766. The summed E-state index contributed by atoms with van der Waals surface area (Å²) in [6, 6.07) is 12.8. The maximum atomic E-state index is 12.4. The fourth-order valence-corrected chi connectivity index (χ4v) is 2.90. The second-order valence-corrected chi connectivity index (χ2v) is 6.64. The van der Waals surface area contributed by atoms with Crippen LogP contribution in [-0.4, -0.2) is 11.8 Å². The molecule has 0 spiro atoms. The van der Waals surface area contributed by atoms with Crippen molar-refractivity contribution >= 4 is 34.8 Å². The number of rotatable bonds is 4. The van der Waals surface area contributed by atoms with Gasteiger partial charge in [-0.15, -0.1) is 0 Å². The van der Waals surface area contributed by atoms with Crippen LogP contribution >= 0.6 is 11.6 Å². The number of aryl methyl sites for hydroxylation is 2. The SMILES string of the molecule is Cc1cccc(C)c1NC(=O)C1CC1C(=O)Nc1ccc(Cl)cc1.